The molecule has 2 heterocycles. The van der Waals surface area contributed by atoms with Gasteiger partial charge in [-0.15, -0.1) is 10.2 Å². The van der Waals surface area contributed by atoms with Gasteiger partial charge in [0.1, 0.15) is 0 Å². The number of hydrogen-bond donors (Lipinski definition) is 3. The predicted molar refractivity (Wildman–Crippen MR) is 106 cm³/mol. The zero-order chi connectivity index (χ0) is 19.5. The van der Waals surface area contributed by atoms with E-state index in [1.165, 1.54) is 0 Å². The van der Waals surface area contributed by atoms with Gasteiger partial charge < -0.3 is 14.7 Å². The zero-order valence-electron chi connectivity index (χ0n) is 15.4. The highest BCUT2D eigenvalue weighted by Crippen LogP contribution is 2.30. The van der Waals surface area contributed by atoms with Crippen LogP contribution in [0.1, 0.15) is 32.6 Å². The van der Waals surface area contributed by atoms with Gasteiger partial charge >= 0.3 is 6.03 Å². The Labute approximate surface area is 165 Å². The minimum atomic E-state index is -0.550. The van der Waals surface area contributed by atoms with Crippen LogP contribution in [0.4, 0.5) is 4.79 Å². The number of carbonyl (C=O) groups is 2. The van der Waals surface area contributed by atoms with Crippen LogP contribution < -0.4 is 10.6 Å². The lowest BCUT2D eigenvalue weighted by atomic mass is 10.2. The molecule has 9 heteroatoms. The number of imide groups is 1. The van der Waals surface area contributed by atoms with Crippen LogP contribution in [-0.2, 0) is 4.79 Å². The molecule has 0 bridgehead atoms. The smallest absolute Gasteiger partial charge is 0.321 e. The number of thioether (sulfide) groups is 1. The Kier molecular flexibility index (Phi) is 5.34. The maximum absolute atomic E-state index is 12.3. The van der Waals surface area contributed by atoms with Gasteiger partial charge in [-0.05, 0) is 25.8 Å². The number of benzene rings is 1. The highest BCUT2D eigenvalue weighted by atomic mass is 32.2. The normalized spacial score (nSPS) is 15.6. The van der Waals surface area contributed by atoms with E-state index in [0.717, 1.165) is 53.9 Å². The van der Waals surface area contributed by atoms with Crippen LogP contribution in [0.3, 0.4) is 0 Å². The third-order valence-corrected chi connectivity index (χ3v) is 5.73. The van der Waals surface area contributed by atoms with Crippen molar-refractivity contribution in [3.63, 3.8) is 0 Å². The number of urea groups is 1. The number of aromatic nitrogens is 3. The first-order chi connectivity index (χ1) is 13.6. The number of fused-ring (bicyclic) bond motifs is 1. The van der Waals surface area contributed by atoms with Gasteiger partial charge in [0.15, 0.2) is 0 Å². The molecule has 0 aliphatic heterocycles. The number of amides is 3. The van der Waals surface area contributed by atoms with Crippen LogP contribution in [0.15, 0.2) is 40.1 Å². The molecule has 3 amide bonds. The summed E-state index contributed by atoms with van der Waals surface area (Å²) in [6.07, 6.45) is 5.97. The van der Waals surface area contributed by atoms with Crippen LogP contribution in [0.25, 0.3) is 22.4 Å². The fraction of sp³-hybridized carbons (Fsp3) is 0.368. The van der Waals surface area contributed by atoms with Crippen LogP contribution in [0.5, 0.6) is 0 Å². The van der Waals surface area contributed by atoms with Crippen LogP contribution in [0, 0.1) is 0 Å². The minimum absolute atomic E-state index is 0.158. The lowest BCUT2D eigenvalue weighted by Gasteiger charge is -2.13. The second kappa shape index (κ2) is 8.05. The van der Waals surface area contributed by atoms with Crippen LogP contribution in [-0.4, -0.2) is 38.4 Å². The largest absolute Gasteiger partial charge is 0.411 e. The second-order valence-corrected chi connectivity index (χ2v) is 8.12. The molecule has 1 saturated carbocycles. The summed E-state index contributed by atoms with van der Waals surface area (Å²) >= 11 is 1.12. The molecule has 2 aromatic heterocycles. The van der Waals surface area contributed by atoms with E-state index in [-0.39, 0.29) is 11.3 Å². The average Bonchev–Trinajstić information content (AvgIpc) is 3.41. The molecule has 1 fully saturated rings. The molecule has 1 atom stereocenters. The number of hydrogen-bond acceptors (Lipinski definition) is 6. The number of H-pyrrole nitrogens is 1. The summed E-state index contributed by atoms with van der Waals surface area (Å²) in [6, 6.07) is 7.53. The summed E-state index contributed by atoms with van der Waals surface area (Å²) in [6.45, 7) is 1.69. The molecule has 0 saturated heterocycles. The predicted octanol–water partition coefficient (Wildman–Crippen LogP) is 3.47. The van der Waals surface area contributed by atoms with Gasteiger partial charge in [0.05, 0.1) is 10.8 Å². The summed E-state index contributed by atoms with van der Waals surface area (Å²) in [7, 11) is 0. The Hall–Kier alpha value is -2.81. The SMILES string of the molecule is C[C@H](Sc1nnc(-c2c[nH]c3ccccc23)o1)C(=O)NC(=O)NC1CCCC1. The van der Waals surface area contributed by atoms with E-state index in [1.807, 2.05) is 30.5 Å². The van der Waals surface area contributed by atoms with Crippen LogP contribution in [0.2, 0.25) is 0 Å². The van der Waals surface area contributed by atoms with Crippen molar-refractivity contribution in [3.8, 4) is 11.5 Å². The van der Waals surface area contributed by atoms with E-state index < -0.39 is 17.2 Å². The number of carbonyl (C=O) groups excluding carboxylic acids is 2. The van der Waals surface area contributed by atoms with Gasteiger partial charge in [-0.25, -0.2) is 4.79 Å². The van der Waals surface area contributed by atoms with E-state index in [2.05, 4.69) is 25.8 Å². The van der Waals surface area contributed by atoms with Crippen molar-refractivity contribution in [3.05, 3.63) is 30.5 Å². The Morgan fingerprint density at radius 1 is 1.25 bits per heavy atom. The minimum Gasteiger partial charge on any atom is -0.411 e. The van der Waals surface area contributed by atoms with Gasteiger partial charge in [-0.1, -0.05) is 42.8 Å². The van der Waals surface area contributed by atoms with Crippen molar-refractivity contribution in [1.82, 2.24) is 25.8 Å². The van der Waals surface area contributed by atoms with Gasteiger partial charge in [0, 0.05) is 23.1 Å². The van der Waals surface area contributed by atoms with Gasteiger partial charge in [-0.3, -0.25) is 10.1 Å². The Balaban J connectivity index is 1.36. The number of aromatic amines is 1. The Morgan fingerprint density at radius 3 is 2.86 bits per heavy atom. The lowest BCUT2D eigenvalue weighted by Crippen LogP contribution is -2.45. The number of para-hydroxylation sites is 1. The van der Waals surface area contributed by atoms with Crippen molar-refractivity contribution in [1.29, 1.82) is 0 Å². The molecule has 28 heavy (non-hydrogen) atoms. The third-order valence-electron chi connectivity index (χ3n) is 4.80. The molecule has 4 rings (SSSR count). The molecular weight excluding hydrogens is 378 g/mol. The molecule has 146 valence electrons. The molecule has 1 aliphatic carbocycles. The van der Waals surface area contributed by atoms with Gasteiger partial charge in [0.2, 0.25) is 5.91 Å². The Bertz CT molecular complexity index is 992. The maximum atomic E-state index is 12.3. The topological polar surface area (TPSA) is 113 Å². The van der Waals surface area contributed by atoms with Crippen molar-refractivity contribution in [2.24, 2.45) is 0 Å². The van der Waals surface area contributed by atoms with Crippen molar-refractivity contribution >= 4 is 34.6 Å². The van der Waals surface area contributed by atoms with Gasteiger partial charge in [0.25, 0.3) is 11.1 Å². The first kappa shape index (κ1) is 18.5. The second-order valence-electron chi connectivity index (χ2n) is 6.83. The fourth-order valence-electron chi connectivity index (χ4n) is 3.32. The summed E-state index contributed by atoms with van der Waals surface area (Å²) in [4.78, 5) is 27.4. The molecule has 1 aromatic carbocycles. The number of nitrogens with zero attached hydrogens (tertiary/aromatic N) is 2. The maximum Gasteiger partial charge on any atom is 0.321 e. The summed E-state index contributed by atoms with van der Waals surface area (Å²) in [5.41, 5.74) is 1.79. The van der Waals surface area contributed by atoms with Crippen molar-refractivity contribution in [2.45, 2.75) is 49.1 Å². The molecular formula is C19H21N5O3S. The average molecular weight is 399 g/mol. The van der Waals surface area contributed by atoms with E-state index in [4.69, 9.17) is 4.42 Å². The third kappa shape index (κ3) is 4.04. The van der Waals surface area contributed by atoms with E-state index in [9.17, 15) is 9.59 Å². The zero-order valence-corrected chi connectivity index (χ0v) is 16.2. The summed E-state index contributed by atoms with van der Waals surface area (Å²) in [5.74, 6) is -0.0149. The quantitative estimate of drug-likeness (QED) is 0.566. The summed E-state index contributed by atoms with van der Waals surface area (Å²) in [5, 5.41) is 14.0. The molecule has 0 unspecified atom stereocenters. The number of rotatable bonds is 5. The van der Waals surface area contributed by atoms with Crippen LogP contribution >= 0.6 is 11.8 Å². The van der Waals surface area contributed by atoms with E-state index >= 15 is 0 Å². The highest BCUT2D eigenvalue weighted by Gasteiger charge is 2.23. The van der Waals surface area contributed by atoms with Crippen molar-refractivity contribution < 1.29 is 14.0 Å². The van der Waals surface area contributed by atoms with E-state index in [1.54, 1.807) is 6.92 Å². The molecule has 1 aliphatic rings. The first-order valence-electron chi connectivity index (χ1n) is 9.28. The summed E-state index contributed by atoms with van der Waals surface area (Å²) < 4.78 is 5.71. The fourth-order valence-corrected chi connectivity index (χ4v) is 4.01. The van der Waals surface area contributed by atoms with E-state index in [0.29, 0.717) is 5.89 Å². The lowest BCUT2D eigenvalue weighted by molar-refractivity contribution is -0.119. The van der Waals surface area contributed by atoms with Gasteiger partial charge in [-0.2, -0.15) is 0 Å². The molecule has 3 aromatic rings. The molecule has 0 radical (unpaired) electrons. The van der Waals surface area contributed by atoms with Crippen molar-refractivity contribution in [2.75, 3.05) is 0 Å². The standard InChI is InChI=1S/C19H21N5O3S/c1-11(16(25)22-18(26)21-12-6-2-3-7-12)28-19-24-23-17(27-19)14-10-20-15-9-5-4-8-13(14)15/h4-5,8-12,20H,2-3,6-7H2,1H3,(H2,21,22,25,26)/t11-/m0/s1. The Morgan fingerprint density at radius 2 is 2.04 bits per heavy atom. The monoisotopic (exact) mass is 399 g/mol. The molecule has 0 spiro atoms. The molecule has 8 nitrogen and oxygen atoms in total. The molecule has 3 N–H and O–H groups in total. The highest BCUT2D eigenvalue weighted by molar-refractivity contribution is 8.00. The first-order valence-corrected chi connectivity index (χ1v) is 10.2. The number of nitrogens with one attached hydrogen (secondary N) is 3.